The predicted octanol–water partition coefficient (Wildman–Crippen LogP) is 3.00. The van der Waals surface area contributed by atoms with E-state index in [1.807, 2.05) is 20.8 Å². The summed E-state index contributed by atoms with van der Waals surface area (Å²) in [7, 11) is 0. The van der Waals surface area contributed by atoms with Crippen LogP contribution in [0.4, 0.5) is 0 Å². The average molecular weight is 356 g/mol. The van der Waals surface area contributed by atoms with E-state index in [2.05, 4.69) is 12.1 Å². The number of ether oxygens (including phenoxy) is 3. The van der Waals surface area contributed by atoms with E-state index >= 15 is 0 Å². The molecule has 0 spiro atoms. The number of carbonyl (C=O) groups is 1. The SMILES string of the molecule is Cc1cc(C)c(C2=C(O)[C@H]3[C@@H]4CCC(C5OCCO5)(O4)[C@H]3C2=O)c(C)c1. The van der Waals surface area contributed by atoms with E-state index in [-0.39, 0.29) is 23.6 Å². The lowest BCUT2D eigenvalue weighted by Gasteiger charge is -2.35. The third-order valence-electron chi connectivity index (χ3n) is 6.53. The van der Waals surface area contributed by atoms with Gasteiger partial charge < -0.3 is 19.3 Å². The Hall–Kier alpha value is -1.69. The van der Waals surface area contributed by atoms with E-state index in [1.165, 1.54) is 0 Å². The molecule has 0 saturated carbocycles. The van der Waals surface area contributed by atoms with E-state index in [9.17, 15) is 9.90 Å². The molecule has 1 aromatic rings. The van der Waals surface area contributed by atoms with E-state index < -0.39 is 17.8 Å². The Morgan fingerprint density at radius 2 is 1.77 bits per heavy atom. The van der Waals surface area contributed by atoms with Gasteiger partial charge in [0.1, 0.15) is 11.4 Å². The smallest absolute Gasteiger partial charge is 0.187 e. The Labute approximate surface area is 152 Å². The van der Waals surface area contributed by atoms with Crippen LogP contribution in [0.15, 0.2) is 17.9 Å². The molecule has 5 heteroatoms. The van der Waals surface area contributed by atoms with E-state index in [1.54, 1.807) is 0 Å². The topological polar surface area (TPSA) is 65.0 Å². The van der Waals surface area contributed by atoms with Gasteiger partial charge in [-0.2, -0.15) is 0 Å². The number of ketones is 1. The van der Waals surface area contributed by atoms with Gasteiger partial charge in [-0.15, -0.1) is 0 Å². The van der Waals surface area contributed by atoms with Crippen LogP contribution in [-0.4, -0.2) is 42.1 Å². The fourth-order valence-electron chi connectivity index (χ4n) is 5.72. The van der Waals surface area contributed by atoms with Crippen molar-refractivity contribution in [3.63, 3.8) is 0 Å². The van der Waals surface area contributed by atoms with Gasteiger partial charge >= 0.3 is 0 Å². The quantitative estimate of drug-likeness (QED) is 0.882. The molecule has 1 aromatic carbocycles. The van der Waals surface area contributed by atoms with Crippen LogP contribution >= 0.6 is 0 Å². The van der Waals surface area contributed by atoms with E-state index in [0.29, 0.717) is 18.8 Å². The van der Waals surface area contributed by atoms with Crippen molar-refractivity contribution in [2.45, 2.75) is 51.6 Å². The van der Waals surface area contributed by atoms with Crippen molar-refractivity contribution in [1.29, 1.82) is 0 Å². The minimum absolute atomic E-state index is 0.0242. The Bertz CT molecular complexity index is 812. The number of carbonyl (C=O) groups excluding carboxylic acids is 1. The van der Waals surface area contributed by atoms with Gasteiger partial charge in [0.05, 0.1) is 36.7 Å². The number of allylic oxidation sites excluding steroid dienone is 1. The van der Waals surface area contributed by atoms with Crippen LogP contribution in [0.2, 0.25) is 0 Å². The number of fused-ring (bicyclic) bond motifs is 5. The Balaban J connectivity index is 1.62. The zero-order chi connectivity index (χ0) is 18.2. The second-order valence-electron chi connectivity index (χ2n) is 8.13. The van der Waals surface area contributed by atoms with Crippen LogP contribution in [0, 0.1) is 32.6 Å². The first kappa shape index (κ1) is 16.5. The number of aliphatic hydroxyl groups excluding tert-OH is 1. The minimum Gasteiger partial charge on any atom is -0.511 e. The van der Waals surface area contributed by atoms with Crippen molar-refractivity contribution < 1.29 is 24.1 Å². The van der Waals surface area contributed by atoms with Gasteiger partial charge in [0.2, 0.25) is 0 Å². The number of hydrogen-bond acceptors (Lipinski definition) is 5. The first-order chi connectivity index (χ1) is 12.4. The summed E-state index contributed by atoms with van der Waals surface area (Å²) in [5.41, 5.74) is 3.79. The molecule has 0 radical (unpaired) electrons. The van der Waals surface area contributed by atoms with Crippen LogP contribution in [0.5, 0.6) is 0 Å². The fourth-order valence-corrected chi connectivity index (χ4v) is 5.72. The van der Waals surface area contributed by atoms with Crippen LogP contribution < -0.4 is 0 Å². The van der Waals surface area contributed by atoms with Gasteiger partial charge in [0.15, 0.2) is 12.1 Å². The van der Waals surface area contributed by atoms with Crippen molar-refractivity contribution >= 4 is 11.4 Å². The lowest BCUT2D eigenvalue weighted by atomic mass is 9.71. The zero-order valence-corrected chi connectivity index (χ0v) is 15.4. The Morgan fingerprint density at radius 3 is 2.42 bits per heavy atom. The molecule has 1 unspecified atom stereocenters. The standard InChI is InChI=1S/C21H24O5/c1-10-8-11(2)14(12(3)9-10)16-18(22)15-13-4-5-21(26-13,17(15)19(16)23)20-24-6-7-25-20/h8-9,13,15,17,20,22H,4-7H2,1-3H3/t13-,15-,17+,21?/m0/s1. The van der Waals surface area contributed by atoms with Crippen molar-refractivity contribution in [3.05, 3.63) is 40.1 Å². The lowest BCUT2D eigenvalue weighted by Crippen LogP contribution is -2.50. The first-order valence-corrected chi connectivity index (χ1v) is 9.40. The highest BCUT2D eigenvalue weighted by Crippen LogP contribution is 2.61. The second-order valence-corrected chi connectivity index (χ2v) is 8.13. The molecule has 2 bridgehead atoms. The predicted molar refractivity (Wildman–Crippen MR) is 94.7 cm³/mol. The normalized spacial score (nSPS) is 36.4. The maximum absolute atomic E-state index is 13.5. The highest BCUT2D eigenvalue weighted by atomic mass is 16.7. The number of hydrogen-bond donors (Lipinski definition) is 1. The van der Waals surface area contributed by atoms with Crippen LogP contribution in [-0.2, 0) is 19.0 Å². The molecule has 5 rings (SSSR count). The molecule has 3 heterocycles. The summed E-state index contributed by atoms with van der Waals surface area (Å²) in [5.74, 6) is -0.526. The van der Waals surface area contributed by atoms with Crippen molar-refractivity contribution in [2.75, 3.05) is 13.2 Å². The number of rotatable bonds is 2. The van der Waals surface area contributed by atoms with Gasteiger partial charge in [-0.3, -0.25) is 4.79 Å². The van der Waals surface area contributed by atoms with Crippen LogP contribution in [0.25, 0.3) is 5.57 Å². The van der Waals surface area contributed by atoms with Gasteiger partial charge in [-0.05, 0) is 50.3 Å². The molecule has 26 heavy (non-hydrogen) atoms. The molecule has 3 fully saturated rings. The molecule has 138 valence electrons. The Kier molecular flexibility index (Phi) is 3.43. The first-order valence-electron chi connectivity index (χ1n) is 9.40. The highest BCUT2D eigenvalue weighted by molar-refractivity contribution is 6.26. The monoisotopic (exact) mass is 356 g/mol. The van der Waals surface area contributed by atoms with Crippen LogP contribution in [0.3, 0.4) is 0 Å². The molecule has 4 aliphatic rings. The van der Waals surface area contributed by atoms with Gasteiger partial charge in [-0.1, -0.05) is 17.7 Å². The molecular formula is C21H24O5. The van der Waals surface area contributed by atoms with Gasteiger partial charge in [0.25, 0.3) is 0 Å². The maximum Gasteiger partial charge on any atom is 0.187 e. The maximum atomic E-state index is 13.5. The van der Waals surface area contributed by atoms with Gasteiger partial charge in [-0.25, -0.2) is 0 Å². The summed E-state index contributed by atoms with van der Waals surface area (Å²) in [5, 5.41) is 11.1. The molecule has 3 aliphatic heterocycles. The van der Waals surface area contributed by atoms with Crippen LogP contribution in [0.1, 0.15) is 35.1 Å². The summed E-state index contributed by atoms with van der Waals surface area (Å²) in [6.07, 6.45) is 0.904. The third-order valence-corrected chi connectivity index (χ3v) is 6.53. The number of aryl methyl sites for hydroxylation is 3. The third kappa shape index (κ3) is 1.94. The number of benzene rings is 1. The lowest BCUT2D eigenvalue weighted by molar-refractivity contribution is -0.193. The highest BCUT2D eigenvalue weighted by Gasteiger charge is 2.70. The molecule has 4 atom stereocenters. The van der Waals surface area contributed by atoms with Crippen molar-refractivity contribution in [2.24, 2.45) is 11.8 Å². The molecule has 0 amide bonds. The Morgan fingerprint density at radius 1 is 1.12 bits per heavy atom. The molecular weight excluding hydrogens is 332 g/mol. The zero-order valence-electron chi connectivity index (χ0n) is 15.4. The largest absolute Gasteiger partial charge is 0.511 e. The summed E-state index contributed by atoms with van der Waals surface area (Å²) >= 11 is 0. The number of Topliss-reactive ketones (excluding diaryl/α,β-unsaturated/α-hetero) is 1. The van der Waals surface area contributed by atoms with Crippen molar-refractivity contribution in [1.82, 2.24) is 0 Å². The average Bonchev–Trinajstić information content (AvgIpc) is 3.33. The van der Waals surface area contributed by atoms with E-state index in [0.717, 1.165) is 35.1 Å². The molecule has 1 N–H and O–H groups in total. The summed E-state index contributed by atoms with van der Waals surface area (Å²) in [4.78, 5) is 13.5. The van der Waals surface area contributed by atoms with E-state index in [4.69, 9.17) is 14.2 Å². The fraction of sp³-hybridized carbons (Fsp3) is 0.571. The van der Waals surface area contributed by atoms with Crippen molar-refractivity contribution in [3.8, 4) is 0 Å². The molecule has 5 nitrogen and oxygen atoms in total. The minimum atomic E-state index is -0.759. The molecule has 0 aromatic heterocycles. The van der Waals surface area contributed by atoms with Gasteiger partial charge in [0, 0.05) is 0 Å². The second kappa shape index (κ2) is 5.41. The molecule has 3 saturated heterocycles. The summed E-state index contributed by atoms with van der Waals surface area (Å²) in [6.45, 7) is 7.09. The summed E-state index contributed by atoms with van der Waals surface area (Å²) in [6, 6.07) is 4.13. The number of aliphatic hydroxyl groups is 1. The molecule has 1 aliphatic carbocycles. The summed E-state index contributed by atoms with van der Waals surface area (Å²) < 4.78 is 17.8.